The number of sulfonamides is 1. The second kappa shape index (κ2) is 10.1. The van der Waals surface area contributed by atoms with Gasteiger partial charge in [0.15, 0.2) is 0 Å². The first-order valence-corrected chi connectivity index (χ1v) is 11.0. The highest BCUT2D eigenvalue weighted by atomic mass is 35.5. The first-order chi connectivity index (χ1) is 14.9. The molecule has 31 heavy (non-hydrogen) atoms. The molecule has 0 bridgehead atoms. The molecule has 0 radical (unpaired) electrons. The summed E-state index contributed by atoms with van der Waals surface area (Å²) in [5.41, 5.74) is 3.19. The average molecular weight is 458 g/mol. The Balaban J connectivity index is 1.88. The van der Waals surface area contributed by atoms with Gasteiger partial charge in [0, 0.05) is 10.6 Å². The molecule has 0 spiro atoms. The van der Waals surface area contributed by atoms with Gasteiger partial charge in [-0.15, -0.1) is 0 Å². The molecular weight excluding hydrogens is 438 g/mol. The van der Waals surface area contributed by atoms with Crippen LogP contribution in [0, 0.1) is 0 Å². The molecule has 0 aliphatic rings. The Kier molecular flexibility index (Phi) is 7.28. The van der Waals surface area contributed by atoms with Crippen LogP contribution >= 0.6 is 11.6 Å². The van der Waals surface area contributed by atoms with Crippen LogP contribution in [0.15, 0.2) is 88.9 Å². The molecule has 3 aromatic rings. The number of carbonyl (C=O) groups excluding carboxylic acids is 1. The van der Waals surface area contributed by atoms with Gasteiger partial charge in [0.2, 0.25) is 0 Å². The molecule has 9 heteroatoms. The zero-order chi connectivity index (χ0) is 22.3. The van der Waals surface area contributed by atoms with Crippen LogP contribution in [0.4, 0.5) is 5.69 Å². The Morgan fingerprint density at radius 1 is 1.03 bits per heavy atom. The van der Waals surface area contributed by atoms with E-state index in [-0.39, 0.29) is 10.6 Å². The maximum atomic E-state index is 13.3. The van der Waals surface area contributed by atoms with Gasteiger partial charge in [0.05, 0.1) is 23.9 Å². The van der Waals surface area contributed by atoms with Gasteiger partial charge in [-0.3, -0.25) is 9.10 Å². The maximum Gasteiger partial charge on any atom is 0.264 e. The minimum atomic E-state index is -4.05. The zero-order valence-corrected chi connectivity index (χ0v) is 18.2. The van der Waals surface area contributed by atoms with Gasteiger partial charge in [-0.05, 0) is 30.3 Å². The molecule has 0 saturated carbocycles. The van der Waals surface area contributed by atoms with E-state index in [1.54, 1.807) is 66.7 Å². The molecule has 7 nitrogen and oxygen atoms in total. The predicted octanol–water partition coefficient (Wildman–Crippen LogP) is 3.69. The van der Waals surface area contributed by atoms with E-state index in [0.717, 1.165) is 4.31 Å². The molecule has 160 valence electrons. The maximum absolute atomic E-state index is 13.3. The largest absolute Gasteiger partial charge is 0.495 e. The molecule has 3 rings (SSSR count). The fraction of sp³-hybridized carbons (Fsp3) is 0.0909. The van der Waals surface area contributed by atoms with Gasteiger partial charge in [0.1, 0.15) is 12.3 Å². The van der Waals surface area contributed by atoms with Crippen LogP contribution in [0.1, 0.15) is 5.56 Å². The lowest BCUT2D eigenvalue weighted by Gasteiger charge is -2.25. The van der Waals surface area contributed by atoms with Crippen LogP contribution in [-0.2, 0) is 14.8 Å². The van der Waals surface area contributed by atoms with Crippen LogP contribution in [0.3, 0.4) is 0 Å². The molecule has 0 unspecified atom stereocenters. The van der Waals surface area contributed by atoms with Crippen molar-refractivity contribution in [2.45, 2.75) is 4.90 Å². The highest BCUT2D eigenvalue weighted by Gasteiger charge is 2.29. The van der Waals surface area contributed by atoms with Crippen molar-refractivity contribution in [3.05, 3.63) is 89.4 Å². The van der Waals surface area contributed by atoms with Crippen LogP contribution < -0.4 is 14.5 Å². The fourth-order valence-electron chi connectivity index (χ4n) is 2.77. The van der Waals surface area contributed by atoms with E-state index in [0.29, 0.717) is 16.3 Å². The van der Waals surface area contributed by atoms with Crippen LogP contribution in [0.2, 0.25) is 5.02 Å². The monoisotopic (exact) mass is 457 g/mol. The number of rotatable bonds is 8. The second-order valence-corrected chi connectivity index (χ2v) is 8.58. The van der Waals surface area contributed by atoms with Crippen molar-refractivity contribution >= 4 is 39.4 Å². The number of hydrazone groups is 1. The lowest BCUT2D eigenvalue weighted by atomic mass is 10.2. The summed E-state index contributed by atoms with van der Waals surface area (Å²) in [6.07, 6.45) is 1.39. The smallest absolute Gasteiger partial charge is 0.264 e. The van der Waals surface area contributed by atoms with Gasteiger partial charge in [-0.2, -0.15) is 5.10 Å². The Hall–Kier alpha value is -3.36. The minimum absolute atomic E-state index is 0.0493. The minimum Gasteiger partial charge on any atom is -0.495 e. The van der Waals surface area contributed by atoms with Crippen molar-refractivity contribution in [2.24, 2.45) is 5.10 Å². The number of methoxy groups -OCH3 is 1. The van der Waals surface area contributed by atoms with E-state index in [9.17, 15) is 13.2 Å². The van der Waals surface area contributed by atoms with Crippen LogP contribution in [0.25, 0.3) is 0 Å². The topological polar surface area (TPSA) is 88.1 Å². The van der Waals surface area contributed by atoms with Crippen molar-refractivity contribution in [1.82, 2.24) is 5.43 Å². The van der Waals surface area contributed by atoms with E-state index in [2.05, 4.69) is 10.5 Å². The molecule has 0 aliphatic carbocycles. The fourth-order valence-corrected chi connectivity index (χ4v) is 4.41. The molecule has 0 fully saturated rings. The van der Waals surface area contributed by atoms with Gasteiger partial charge in [-0.25, -0.2) is 13.8 Å². The second-order valence-electron chi connectivity index (χ2n) is 6.31. The van der Waals surface area contributed by atoms with Crippen molar-refractivity contribution in [3.8, 4) is 5.75 Å². The first kappa shape index (κ1) is 22.3. The SMILES string of the molecule is COc1ccccc1N(CC(=O)N/N=C\c1ccccc1Cl)S(=O)(=O)c1ccccc1. The van der Waals surface area contributed by atoms with Gasteiger partial charge < -0.3 is 4.74 Å². The lowest BCUT2D eigenvalue weighted by molar-refractivity contribution is -0.119. The Labute approximate surface area is 186 Å². The molecule has 3 aromatic carbocycles. The zero-order valence-electron chi connectivity index (χ0n) is 16.6. The number of ether oxygens (including phenoxy) is 1. The quantitative estimate of drug-likeness (QED) is 0.412. The van der Waals surface area contributed by atoms with Gasteiger partial charge in [-0.1, -0.05) is 60.1 Å². The number of carbonyl (C=O) groups is 1. The van der Waals surface area contributed by atoms with Crippen molar-refractivity contribution in [2.75, 3.05) is 18.0 Å². The summed E-state index contributed by atoms with van der Waals surface area (Å²) >= 11 is 6.06. The lowest BCUT2D eigenvalue weighted by Crippen LogP contribution is -2.39. The summed E-state index contributed by atoms with van der Waals surface area (Å²) < 4.78 is 32.9. The number of hydrogen-bond acceptors (Lipinski definition) is 5. The van der Waals surface area contributed by atoms with Crippen LogP contribution in [-0.4, -0.2) is 34.2 Å². The highest BCUT2D eigenvalue weighted by Crippen LogP contribution is 2.32. The van der Waals surface area contributed by atoms with E-state index < -0.39 is 22.5 Å². The Morgan fingerprint density at radius 2 is 1.68 bits per heavy atom. The third kappa shape index (κ3) is 5.42. The van der Waals surface area contributed by atoms with E-state index in [1.807, 2.05) is 0 Å². The normalized spacial score (nSPS) is 11.3. The number of amides is 1. The first-order valence-electron chi connectivity index (χ1n) is 9.20. The average Bonchev–Trinajstić information content (AvgIpc) is 2.79. The summed E-state index contributed by atoms with van der Waals surface area (Å²) in [6, 6.07) is 21.4. The number of halogens is 1. The summed E-state index contributed by atoms with van der Waals surface area (Å²) in [4.78, 5) is 12.6. The van der Waals surface area contributed by atoms with Crippen molar-refractivity contribution in [1.29, 1.82) is 0 Å². The molecule has 0 heterocycles. The Bertz CT molecular complexity index is 1180. The van der Waals surface area contributed by atoms with Gasteiger partial charge in [0.25, 0.3) is 15.9 Å². The van der Waals surface area contributed by atoms with Gasteiger partial charge >= 0.3 is 0 Å². The van der Waals surface area contributed by atoms with E-state index >= 15 is 0 Å². The molecule has 0 aliphatic heterocycles. The van der Waals surface area contributed by atoms with Crippen molar-refractivity contribution < 1.29 is 17.9 Å². The molecule has 1 amide bonds. The van der Waals surface area contributed by atoms with Crippen molar-refractivity contribution in [3.63, 3.8) is 0 Å². The highest BCUT2D eigenvalue weighted by molar-refractivity contribution is 7.92. The third-order valence-electron chi connectivity index (χ3n) is 4.27. The summed E-state index contributed by atoms with van der Waals surface area (Å²) in [5.74, 6) is -0.317. The van der Waals surface area contributed by atoms with E-state index in [4.69, 9.17) is 16.3 Å². The van der Waals surface area contributed by atoms with E-state index in [1.165, 1.54) is 25.5 Å². The molecular formula is C22H20ClN3O4S. The number of para-hydroxylation sites is 2. The standard InChI is InChI=1S/C22H20ClN3O4S/c1-30-21-14-8-7-13-20(21)26(31(28,29)18-10-3-2-4-11-18)16-22(27)25-24-15-17-9-5-6-12-19(17)23/h2-15H,16H2,1H3,(H,25,27)/b24-15-. The molecule has 0 aromatic heterocycles. The summed E-state index contributed by atoms with van der Waals surface area (Å²) in [5, 5.41) is 4.36. The Morgan fingerprint density at radius 3 is 2.39 bits per heavy atom. The summed E-state index contributed by atoms with van der Waals surface area (Å²) in [6.45, 7) is -0.503. The third-order valence-corrected chi connectivity index (χ3v) is 6.39. The predicted molar refractivity (Wildman–Crippen MR) is 121 cm³/mol. The number of nitrogens with one attached hydrogen (secondary N) is 1. The number of anilines is 1. The number of nitrogens with zero attached hydrogens (tertiary/aromatic N) is 2. The summed E-state index contributed by atoms with van der Waals surface area (Å²) in [7, 11) is -2.62. The number of hydrogen-bond donors (Lipinski definition) is 1. The molecule has 1 N–H and O–H groups in total. The molecule has 0 atom stereocenters. The molecule has 0 saturated heterocycles. The number of benzene rings is 3. The van der Waals surface area contributed by atoms with Crippen LogP contribution in [0.5, 0.6) is 5.75 Å².